The van der Waals surface area contributed by atoms with Crippen LogP contribution in [-0.2, 0) is 18.0 Å². The van der Waals surface area contributed by atoms with Crippen molar-refractivity contribution >= 4 is 5.97 Å². The predicted molar refractivity (Wildman–Crippen MR) is 60.5 cm³/mol. The molecule has 0 aliphatic heterocycles. The minimum atomic E-state index is -1.00. The van der Waals surface area contributed by atoms with Crippen LogP contribution in [0.3, 0.4) is 0 Å². The zero-order chi connectivity index (χ0) is 12.1. The summed E-state index contributed by atoms with van der Waals surface area (Å²) >= 11 is 0. The van der Waals surface area contributed by atoms with Gasteiger partial charge in [-0.15, -0.1) is 0 Å². The summed E-state index contributed by atoms with van der Waals surface area (Å²) in [6, 6.07) is 9.69. The molecule has 0 unspecified atom stereocenters. The Kier molecular flexibility index (Phi) is 3.52. The Balaban J connectivity index is 1.90. The molecule has 2 aromatic rings. The molecule has 0 aliphatic carbocycles. The van der Waals surface area contributed by atoms with Crippen LogP contribution >= 0.6 is 0 Å². The van der Waals surface area contributed by atoms with Crippen molar-refractivity contribution in [3.05, 3.63) is 53.3 Å². The molecule has 88 valence electrons. The first-order chi connectivity index (χ1) is 8.27. The lowest BCUT2D eigenvalue weighted by molar-refractivity contribution is 0.0683. The molecule has 17 heavy (non-hydrogen) atoms. The SMILES string of the molecule is O=C(O)c1cn[nH]c1COCc1ccccc1. The molecular formula is C12H12N2O3. The lowest BCUT2D eigenvalue weighted by Gasteiger charge is -2.03. The van der Waals surface area contributed by atoms with E-state index < -0.39 is 5.97 Å². The van der Waals surface area contributed by atoms with E-state index in [0.29, 0.717) is 12.3 Å². The number of H-pyrrole nitrogens is 1. The highest BCUT2D eigenvalue weighted by Crippen LogP contribution is 2.08. The van der Waals surface area contributed by atoms with Crippen LogP contribution in [0.4, 0.5) is 0 Å². The lowest BCUT2D eigenvalue weighted by Crippen LogP contribution is -2.02. The van der Waals surface area contributed by atoms with Gasteiger partial charge in [0.2, 0.25) is 0 Å². The van der Waals surface area contributed by atoms with E-state index in [-0.39, 0.29) is 12.2 Å². The highest BCUT2D eigenvalue weighted by atomic mass is 16.5. The number of carboxylic acids is 1. The fourth-order valence-electron chi connectivity index (χ4n) is 1.45. The molecule has 5 heteroatoms. The van der Waals surface area contributed by atoms with Crippen molar-refractivity contribution < 1.29 is 14.6 Å². The Labute approximate surface area is 98.0 Å². The third-order valence-corrected chi connectivity index (χ3v) is 2.31. The monoisotopic (exact) mass is 232 g/mol. The van der Waals surface area contributed by atoms with Crippen molar-refractivity contribution in [3.63, 3.8) is 0 Å². The average molecular weight is 232 g/mol. The van der Waals surface area contributed by atoms with Crippen molar-refractivity contribution in [2.24, 2.45) is 0 Å². The highest BCUT2D eigenvalue weighted by molar-refractivity contribution is 5.88. The summed E-state index contributed by atoms with van der Waals surface area (Å²) in [5.41, 5.74) is 1.68. The largest absolute Gasteiger partial charge is 0.478 e. The van der Waals surface area contributed by atoms with Gasteiger partial charge in [0.1, 0.15) is 5.56 Å². The number of carboxylic acid groups (broad SMARTS) is 1. The Hall–Kier alpha value is -2.14. The van der Waals surface area contributed by atoms with E-state index in [1.165, 1.54) is 6.20 Å². The van der Waals surface area contributed by atoms with Gasteiger partial charge in [0.15, 0.2) is 0 Å². The van der Waals surface area contributed by atoms with Crippen LogP contribution in [0.5, 0.6) is 0 Å². The quantitative estimate of drug-likeness (QED) is 0.824. The molecule has 0 saturated carbocycles. The van der Waals surface area contributed by atoms with Crippen LogP contribution in [0, 0.1) is 0 Å². The minimum absolute atomic E-state index is 0.151. The molecule has 2 N–H and O–H groups in total. The standard InChI is InChI=1S/C12H12N2O3/c15-12(16)10-6-13-14-11(10)8-17-7-9-4-2-1-3-5-9/h1-6H,7-8H2,(H,13,14)(H,15,16). The molecule has 0 aliphatic rings. The third-order valence-electron chi connectivity index (χ3n) is 2.31. The Bertz CT molecular complexity index is 493. The van der Waals surface area contributed by atoms with E-state index >= 15 is 0 Å². The summed E-state index contributed by atoms with van der Waals surface area (Å²) in [6.07, 6.45) is 1.28. The van der Waals surface area contributed by atoms with Gasteiger partial charge >= 0.3 is 5.97 Å². The van der Waals surface area contributed by atoms with Gasteiger partial charge < -0.3 is 9.84 Å². The van der Waals surface area contributed by atoms with Gasteiger partial charge in [0.05, 0.1) is 25.1 Å². The predicted octanol–water partition coefficient (Wildman–Crippen LogP) is 1.82. The zero-order valence-corrected chi connectivity index (χ0v) is 9.09. The Morgan fingerprint density at radius 1 is 1.29 bits per heavy atom. The summed E-state index contributed by atoms with van der Waals surface area (Å²) in [5.74, 6) is -1.00. The van der Waals surface area contributed by atoms with Gasteiger partial charge in [-0.2, -0.15) is 5.10 Å². The molecule has 0 saturated heterocycles. The van der Waals surface area contributed by atoms with Crippen LogP contribution in [-0.4, -0.2) is 21.3 Å². The molecule has 0 spiro atoms. The molecule has 0 radical (unpaired) electrons. The van der Waals surface area contributed by atoms with Crippen molar-refractivity contribution in [2.75, 3.05) is 0 Å². The van der Waals surface area contributed by atoms with Crippen LogP contribution in [0.1, 0.15) is 21.6 Å². The number of hydrogen-bond acceptors (Lipinski definition) is 3. The number of aromatic carboxylic acids is 1. The molecule has 0 amide bonds. The fourth-order valence-corrected chi connectivity index (χ4v) is 1.45. The lowest BCUT2D eigenvalue weighted by atomic mass is 10.2. The molecular weight excluding hydrogens is 220 g/mol. The Morgan fingerprint density at radius 3 is 2.76 bits per heavy atom. The highest BCUT2D eigenvalue weighted by Gasteiger charge is 2.11. The fraction of sp³-hybridized carbons (Fsp3) is 0.167. The van der Waals surface area contributed by atoms with Gasteiger partial charge in [-0.05, 0) is 5.56 Å². The zero-order valence-electron chi connectivity index (χ0n) is 9.09. The van der Waals surface area contributed by atoms with E-state index in [1.54, 1.807) is 0 Å². The summed E-state index contributed by atoms with van der Waals surface area (Å²) in [6.45, 7) is 0.648. The number of rotatable bonds is 5. The molecule has 1 aromatic heterocycles. The number of carbonyl (C=O) groups is 1. The van der Waals surface area contributed by atoms with E-state index in [0.717, 1.165) is 5.56 Å². The van der Waals surface area contributed by atoms with E-state index in [2.05, 4.69) is 10.2 Å². The van der Waals surface area contributed by atoms with Gasteiger partial charge in [0.25, 0.3) is 0 Å². The van der Waals surface area contributed by atoms with E-state index in [9.17, 15) is 4.79 Å². The summed E-state index contributed by atoms with van der Waals surface area (Å²) in [4.78, 5) is 10.8. The first-order valence-electron chi connectivity index (χ1n) is 5.14. The maximum atomic E-state index is 10.8. The second-order valence-corrected chi connectivity index (χ2v) is 3.55. The second-order valence-electron chi connectivity index (χ2n) is 3.55. The van der Waals surface area contributed by atoms with Gasteiger partial charge in [-0.1, -0.05) is 30.3 Å². The average Bonchev–Trinajstić information content (AvgIpc) is 2.79. The normalized spacial score (nSPS) is 10.4. The number of nitrogens with one attached hydrogen (secondary N) is 1. The van der Waals surface area contributed by atoms with Crippen LogP contribution in [0.2, 0.25) is 0 Å². The number of aromatic nitrogens is 2. The second kappa shape index (κ2) is 5.27. The molecule has 1 aromatic carbocycles. The van der Waals surface area contributed by atoms with Crippen LogP contribution < -0.4 is 0 Å². The van der Waals surface area contributed by atoms with Crippen molar-refractivity contribution in [2.45, 2.75) is 13.2 Å². The minimum Gasteiger partial charge on any atom is -0.478 e. The first-order valence-corrected chi connectivity index (χ1v) is 5.14. The van der Waals surface area contributed by atoms with Crippen molar-refractivity contribution in [1.29, 1.82) is 0 Å². The molecule has 0 fully saturated rings. The molecule has 2 rings (SSSR count). The number of benzene rings is 1. The van der Waals surface area contributed by atoms with Gasteiger partial charge in [0, 0.05) is 0 Å². The van der Waals surface area contributed by atoms with E-state index in [1.807, 2.05) is 30.3 Å². The first kappa shape index (κ1) is 11.3. The third kappa shape index (κ3) is 2.92. The van der Waals surface area contributed by atoms with E-state index in [4.69, 9.17) is 9.84 Å². The van der Waals surface area contributed by atoms with Crippen LogP contribution in [0.25, 0.3) is 0 Å². The maximum Gasteiger partial charge on any atom is 0.339 e. The van der Waals surface area contributed by atoms with Crippen molar-refractivity contribution in [3.8, 4) is 0 Å². The van der Waals surface area contributed by atoms with Gasteiger partial charge in [-0.3, -0.25) is 5.10 Å². The number of ether oxygens (including phenoxy) is 1. The smallest absolute Gasteiger partial charge is 0.339 e. The van der Waals surface area contributed by atoms with Crippen LogP contribution in [0.15, 0.2) is 36.5 Å². The molecule has 1 heterocycles. The molecule has 0 atom stereocenters. The molecule has 0 bridgehead atoms. The number of aromatic amines is 1. The summed E-state index contributed by atoms with van der Waals surface area (Å²) in [7, 11) is 0. The van der Waals surface area contributed by atoms with Crippen molar-refractivity contribution in [1.82, 2.24) is 10.2 Å². The number of nitrogens with zero attached hydrogens (tertiary/aromatic N) is 1. The number of hydrogen-bond donors (Lipinski definition) is 2. The van der Waals surface area contributed by atoms with Gasteiger partial charge in [-0.25, -0.2) is 4.79 Å². The Morgan fingerprint density at radius 2 is 2.06 bits per heavy atom. The topological polar surface area (TPSA) is 75.2 Å². The molecule has 5 nitrogen and oxygen atoms in total. The maximum absolute atomic E-state index is 10.8. The summed E-state index contributed by atoms with van der Waals surface area (Å²) in [5, 5.41) is 15.2. The summed E-state index contributed by atoms with van der Waals surface area (Å²) < 4.78 is 5.42.